The summed E-state index contributed by atoms with van der Waals surface area (Å²) in [5.41, 5.74) is 0.134. The highest BCUT2D eigenvalue weighted by Crippen LogP contribution is 2.36. The van der Waals surface area contributed by atoms with Crippen molar-refractivity contribution < 1.29 is 41.0 Å². The van der Waals surface area contributed by atoms with Crippen LogP contribution < -0.4 is 19.5 Å². The topological polar surface area (TPSA) is 114 Å². The first-order chi connectivity index (χ1) is 16.0. The van der Waals surface area contributed by atoms with Crippen molar-refractivity contribution in [2.24, 2.45) is 11.8 Å². The van der Waals surface area contributed by atoms with Crippen molar-refractivity contribution in [1.29, 1.82) is 0 Å². The number of sulfonamides is 1. The van der Waals surface area contributed by atoms with Gasteiger partial charge in [0.2, 0.25) is 5.91 Å². The standard InChI is InChI=1S/C22H25F3N2O6S/c1-2-32-19-12-16(26-21(29)15(13-28)10-14-6-7-14)8-9-20(19)34(30,31)27-17-4-3-5-18(11-17)33-22(23,24)25/h3-5,8-9,11-12,14-15,27-28H,2,6-7,10,13H2,1H3,(H,26,29). The monoisotopic (exact) mass is 502 g/mol. The lowest BCUT2D eigenvalue weighted by molar-refractivity contribution is -0.274. The van der Waals surface area contributed by atoms with Gasteiger partial charge >= 0.3 is 6.36 Å². The normalized spacial score (nSPS) is 14.9. The molecule has 1 fully saturated rings. The van der Waals surface area contributed by atoms with Crippen LogP contribution in [0.5, 0.6) is 11.5 Å². The maximum Gasteiger partial charge on any atom is 0.573 e. The summed E-state index contributed by atoms with van der Waals surface area (Å²) in [6.07, 6.45) is -2.28. The van der Waals surface area contributed by atoms with Gasteiger partial charge in [0.1, 0.15) is 16.4 Å². The minimum absolute atomic E-state index is 0.0572. The van der Waals surface area contributed by atoms with Gasteiger partial charge in [-0.25, -0.2) is 8.42 Å². The summed E-state index contributed by atoms with van der Waals surface area (Å²) in [5.74, 6) is -1.16. The molecule has 2 aromatic carbocycles. The number of carbonyl (C=O) groups is 1. The molecule has 0 saturated heterocycles. The van der Waals surface area contributed by atoms with Gasteiger partial charge in [-0.05, 0) is 43.5 Å². The van der Waals surface area contributed by atoms with E-state index >= 15 is 0 Å². The van der Waals surface area contributed by atoms with Crippen molar-refractivity contribution in [1.82, 2.24) is 0 Å². The van der Waals surface area contributed by atoms with E-state index in [1.54, 1.807) is 6.92 Å². The number of rotatable bonds is 11. The third-order valence-corrected chi connectivity index (χ3v) is 6.45. The summed E-state index contributed by atoms with van der Waals surface area (Å²) in [7, 11) is -4.27. The molecule has 1 amide bonds. The fourth-order valence-corrected chi connectivity index (χ4v) is 4.48. The maximum absolute atomic E-state index is 12.9. The summed E-state index contributed by atoms with van der Waals surface area (Å²) < 4.78 is 74.7. The zero-order chi connectivity index (χ0) is 24.9. The van der Waals surface area contributed by atoms with E-state index in [2.05, 4.69) is 14.8 Å². The molecular formula is C22H25F3N2O6S. The second-order valence-electron chi connectivity index (χ2n) is 7.82. The number of aliphatic hydroxyl groups excluding tert-OH is 1. The van der Waals surface area contributed by atoms with Gasteiger partial charge in [-0.15, -0.1) is 13.2 Å². The zero-order valence-electron chi connectivity index (χ0n) is 18.3. The highest BCUT2D eigenvalue weighted by Gasteiger charge is 2.31. The van der Waals surface area contributed by atoms with Crippen LogP contribution in [0.15, 0.2) is 47.4 Å². The lowest BCUT2D eigenvalue weighted by Gasteiger charge is -2.17. The Bertz CT molecular complexity index is 1120. The molecule has 0 heterocycles. The Morgan fingerprint density at radius 1 is 1.18 bits per heavy atom. The van der Waals surface area contributed by atoms with Gasteiger partial charge in [0, 0.05) is 17.8 Å². The van der Waals surface area contributed by atoms with Crippen LogP contribution in [0.25, 0.3) is 0 Å². The molecule has 8 nitrogen and oxygen atoms in total. The van der Waals surface area contributed by atoms with Gasteiger partial charge in [-0.3, -0.25) is 9.52 Å². The Morgan fingerprint density at radius 3 is 2.53 bits per heavy atom. The predicted molar refractivity (Wildman–Crippen MR) is 118 cm³/mol. The van der Waals surface area contributed by atoms with Crippen molar-refractivity contribution in [2.75, 3.05) is 23.3 Å². The van der Waals surface area contributed by atoms with E-state index in [1.807, 2.05) is 0 Å². The van der Waals surface area contributed by atoms with Crippen LogP contribution in [0.2, 0.25) is 0 Å². The Morgan fingerprint density at radius 2 is 1.91 bits per heavy atom. The third-order valence-electron chi connectivity index (χ3n) is 5.03. The number of hydrogen-bond donors (Lipinski definition) is 3. The van der Waals surface area contributed by atoms with Gasteiger partial charge in [0.25, 0.3) is 10.0 Å². The number of anilines is 2. The van der Waals surface area contributed by atoms with Crippen LogP contribution in [0.3, 0.4) is 0 Å². The molecule has 0 bridgehead atoms. The maximum atomic E-state index is 12.9. The summed E-state index contributed by atoms with van der Waals surface area (Å²) in [6, 6.07) is 8.33. The van der Waals surface area contributed by atoms with Gasteiger partial charge in [0.05, 0.1) is 24.8 Å². The van der Waals surface area contributed by atoms with Gasteiger partial charge < -0.3 is 19.9 Å². The molecule has 34 heavy (non-hydrogen) atoms. The molecule has 1 atom stereocenters. The van der Waals surface area contributed by atoms with E-state index in [-0.39, 0.29) is 41.1 Å². The largest absolute Gasteiger partial charge is 0.573 e. The Hall–Kier alpha value is -2.99. The van der Waals surface area contributed by atoms with Crippen molar-refractivity contribution >= 4 is 27.3 Å². The molecule has 0 aromatic heterocycles. The van der Waals surface area contributed by atoms with Gasteiger partial charge in [0.15, 0.2) is 0 Å². The molecule has 0 radical (unpaired) electrons. The number of aliphatic hydroxyl groups is 1. The van der Waals surface area contributed by atoms with E-state index in [9.17, 15) is 31.5 Å². The second-order valence-corrected chi connectivity index (χ2v) is 9.47. The summed E-state index contributed by atoms with van der Waals surface area (Å²) in [6.45, 7) is 1.47. The molecule has 3 N–H and O–H groups in total. The lowest BCUT2D eigenvalue weighted by atomic mass is 10.0. The number of hydrogen-bond acceptors (Lipinski definition) is 6. The Labute approximate surface area is 195 Å². The molecule has 12 heteroatoms. The highest BCUT2D eigenvalue weighted by molar-refractivity contribution is 7.92. The molecule has 1 saturated carbocycles. The first-order valence-electron chi connectivity index (χ1n) is 10.6. The number of carbonyl (C=O) groups excluding carboxylic acids is 1. The average molecular weight is 503 g/mol. The zero-order valence-corrected chi connectivity index (χ0v) is 19.1. The smallest absolute Gasteiger partial charge is 0.492 e. The van der Waals surface area contributed by atoms with E-state index in [1.165, 1.54) is 30.3 Å². The molecule has 1 aliphatic carbocycles. The summed E-state index contributed by atoms with van der Waals surface area (Å²) in [5, 5.41) is 12.2. The van der Waals surface area contributed by atoms with E-state index in [0.29, 0.717) is 12.3 Å². The van der Waals surface area contributed by atoms with Crippen LogP contribution in [-0.4, -0.2) is 39.0 Å². The molecule has 3 rings (SSSR count). The van der Waals surface area contributed by atoms with Crippen LogP contribution >= 0.6 is 0 Å². The molecular weight excluding hydrogens is 477 g/mol. The molecule has 1 unspecified atom stereocenters. The average Bonchev–Trinajstić information content (AvgIpc) is 3.55. The predicted octanol–water partition coefficient (Wildman–Crippen LogP) is 4.13. The number of benzene rings is 2. The minimum atomic E-state index is -4.92. The SMILES string of the molecule is CCOc1cc(NC(=O)C(CO)CC2CC2)ccc1S(=O)(=O)Nc1cccc(OC(F)(F)F)c1. The van der Waals surface area contributed by atoms with E-state index < -0.39 is 28.1 Å². The van der Waals surface area contributed by atoms with Crippen molar-refractivity contribution in [3.63, 3.8) is 0 Å². The summed E-state index contributed by atoms with van der Waals surface area (Å²) in [4.78, 5) is 12.2. The molecule has 0 spiro atoms. The van der Waals surface area contributed by atoms with E-state index in [4.69, 9.17) is 4.74 Å². The number of alkyl halides is 3. The fraction of sp³-hybridized carbons (Fsp3) is 0.409. The molecule has 186 valence electrons. The van der Waals surface area contributed by atoms with Crippen LogP contribution in [0.1, 0.15) is 26.2 Å². The number of amides is 1. The minimum Gasteiger partial charge on any atom is -0.492 e. The number of nitrogens with one attached hydrogen (secondary N) is 2. The van der Waals surface area contributed by atoms with Crippen molar-refractivity contribution in [3.05, 3.63) is 42.5 Å². The number of halogens is 3. The van der Waals surface area contributed by atoms with Gasteiger partial charge in [-0.2, -0.15) is 0 Å². The Balaban J connectivity index is 1.79. The highest BCUT2D eigenvalue weighted by atomic mass is 32.2. The molecule has 0 aliphatic heterocycles. The van der Waals surface area contributed by atoms with Crippen molar-refractivity contribution in [2.45, 2.75) is 37.4 Å². The lowest BCUT2D eigenvalue weighted by Crippen LogP contribution is -2.26. The number of ether oxygens (including phenoxy) is 2. The molecule has 1 aliphatic rings. The van der Waals surface area contributed by atoms with Gasteiger partial charge in [-0.1, -0.05) is 18.9 Å². The Kier molecular flexibility index (Phi) is 7.93. The van der Waals surface area contributed by atoms with Crippen LogP contribution in [0.4, 0.5) is 24.5 Å². The second kappa shape index (κ2) is 10.5. The quantitative estimate of drug-likeness (QED) is 0.426. The molecule has 2 aromatic rings. The van der Waals surface area contributed by atoms with Crippen LogP contribution in [-0.2, 0) is 14.8 Å². The first-order valence-corrected chi connectivity index (χ1v) is 12.1. The van der Waals surface area contributed by atoms with Crippen molar-refractivity contribution in [3.8, 4) is 11.5 Å². The first kappa shape index (κ1) is 25.6. The van der Waals surface area contributed by atoms with E-state index in [0.717, 1.165) is 25.0 Å². The van der Waals surface area contributed by atoms with Crippen LogP contribution in [0, 0.1) is 11.8 Å². The fourth-order valence-electron chi connectivity index (χ4n) is 3.31. The third kappa shape index (κ3) is 7.26. The summed E-state index contributed by atoms with van der Waals surface area (Å²) >= 11 is 0.